The molecule has 0 saturated carbocycles. The van der Waals surface area contributed by atoms with Crippen molar-refractivity contribution in [3.63, 3.8) is 0 Å². The van der Waals surface area contributed by atoms with Gasteiger partial charge in [-0.05, 0) is 54.4 Å². The molecule has 0 aromatic heterocycles. The van der Waals surface area contributed by atoms with E-state index in [1.54, 1.807) is 12.1 Å². The van der Waals surface area contributed by atoms with E-state index in [0.717, 1.165) is 13.1 Å². The standard InChI is InChI=1S/C23H24N2O2/c26-23(27-19-11-2-1-3-12-19)24-17-22(25-15-6-7-16-25)21-14-8-10-18-9-4-5-13-20(18)21/h1-5,8-14,22H,6-7,15-17H2,(H,24,26)/t22-/m0/s1. The van der Waals surface area contributed by atoms with E-state index in [2.05, 4.69) is 52.7 Å². The first kappa shape index (κ1) is 17.6. The van der Waals surface area contributed by atoms with Gasteiger partial charge in [-0.25, -0.2) is 4.79 Å². The summed E-state index contributed by atoms with van der Waals surface area (Å²) in [7, 11) is 0. The monoisotopic (exact) mass is 360 g/mol. The fraction of sp³-hybridized carbons (Fsp3) is 0.261. The molecule has 138 valence electrons. The first-order chi connectivity index (χ1) is 13.3. The van der Waals surface area contributed by atoms with Gasteiger partial charge in [0.05, 0.1) is 6.04 Å². The summed E-state index contributed by atoms with van der Waals surface area (Å²) in [6.07, 6.45) is 2.00. The number of nitrogens with one attached hydrogen (secondary N) is 1. The Balaban J connectivity index is 1.54. The number of hydrogen-bond acceptors (Lipinski definition) is 3. The molecule has 0 aliphatic carbocycles. The average molecular weight is 360 g/mol. The lowest BCUT2D eigenvalue weighted by Crippen LogP contribution is -2.38. The third-order valence-electron chi connectivity index (χ3n) is 5.16. The highest BCUT2D eigenvalue weighted by Crippen LogP contribution is 2.30. The van der Waals surface area contributed by atoms with Crippen LogP contribution in [-0.4, -0.2) is 30.6 Å². The predicted octanol–water partition coefficient (Wildman–Crippen LogP) is 4.77. The van der Waals surface area contributed by atoms with Crippen molar-refractivity contribution in [1.82, 2.24) is 10.2 Å². The third-order valence-corrected chi connectivity index (χ3v) is 5.16. The molecule has 1 saturated heterocycles. The molecule has 1 heterocycles. The van der Waals surface area contributed by atoms with Crippen LogP contribution in [0.15, 0.2) is 72.8 Å². The van der Waals surface area contributed by atoms with Crippen molar-refractivity contribution >= 4 is 16.9 Å². The van der Waals surface area contributed by atoms with Gasteiger partial charge in [-0.15, -0.1) is 0 Å². The molecule has 3 aromatic carbocycles. The number of amides is 1. The molecule has 1 fully saturated rings. The maximum Gasteiger partial charge on any atom is 0.412 e. The lowest BCUT2D eigenvalue weighted by atomic mass is 9.97. The van der Waals surface area contributed by atoms with E-state index in [1.807, 2.05) is 18.2 Å². The number of likely N-dealkylation sites (tertiary alicyclic amines) is 1. The Morgan fingerprint density at radius 1 is 0.926 bits per heavy atom. The minimum absolute atomic E-state index is 0.141. The fourth-order valence-corrected chi connectivity index (χ4v) is 3.84. The highest BCUT2D eigenvalue weighted by Gasteiger charge is 2.25. The summed E-state index contributed by atoms with van der Waals surface area (Å²) in [6, 6.07) is 24.2. The van der Waals surface area contributed by atoms with E-state index >= 15 is 0 Å². The molecular formula is C23H24N2O2. The van der Waals surface area contributed by atoms with E-state index < -0.39 is 6.09 Å². The summed E-state index contributed by atoms with van der Waals surface area (Å²) in [5, 5.41) is 5.44. The largest absolute Gasteiger partial charge is 0.412 e. The number of fused-ring (bicyclic) bond motifs is 1. The maximum atomic E-state index is 12.3. The van der Waals surface area contributed by atoms with Gasteiger partial charge in [0.25, 0.3) is 0 Å². The average Bonchev–Trinajstić information content (AvgIpc) is 3.23. The van der Waals surface area contributed by atoms with Crippen molar-refractivity contribution in [1.29, 1.82) is 0 Å². The van der Waals surface area contributed by atoms with Crippen LogP contribution in [0.1, 0.15) is 24.4 Å². The molecule has 4 rings (SSSR count). The first-order valence-electron chi connectivity index (χ1n) is 9.54. The molecular weight excluding hydrogens is 336 g/mol. The number of benzene rings is 3. The zero-order valence-corrected chi connectivity index (χ0v) is 15.3. The van der Waals surface area contributed by atoms with Crippen LogP contribution in [0.2, 0.25) is 0 Å². The van der Waals surface area contributed by atoms with E-state index in [-0.39, 0.29) is 6.04 Å². The number of carbonyl (C=O) groups is 1. The van der Waals surface area contributed by atoms with Gasteiger partial charge in [0.2, 0.25) is 0 Å². The summed E-state index contributed by atoms with van der Waals surface area (Å²) in [5.74, 6) is 0.554. The lowest BCUT2D eigenvalue weighted by Gasteiger charge is -2.29. The quantitative estimate of drug-likeness (QED) is 0.713. The van der Waals surface area contributed by atoms with Crippen LogP contribution in [0.4, 0.5) is 4.79 Å². The Bertz CT molecular complexity index is 899. The van der Waals surface area contributed by atoms with Crippen LogP contribution in [0, 0.1) is 0 Å². The molecule has 4 nitrogen and oxygen atoms in total. The van der Waals surface area contributed by atoms with Crippen molar-refractivity contribution in [2.75, 3.05) is 19.6 Å². The number of hydrogen-bond donors (Lipinski definition) is 1. The second kappa shape index (κ2) is 8.23. The molecule has 27 heavy (non-hydrogen) atoms. The molecule has 3 aromatic rings. The fourth-order valence-electron chi connectivity index (χ4n) is 3.84. The molecule has 1 amide bonds. The van der Waals surface area contributed by atoms with Gasteiger partial charge in [0, 0.05) is 6.54 Å². The Morgan fingerprint density at radius 2 is 1.63 bits per heavy atom. The number of carbonyl (C=O) groups excluding carboxylic acids is 1. The zero-order valence-electron chi connectivity index (χ0n) is 15.3. The molecule has 1 aliphatic rings. The van der Waals surface area contributed by atoms with E-state index in [9.17, 15) is 4.79 Å². The smallest absolute Gasteiger partial charge is 0.410 e. The molecule has 0 bridgehead atoms. The van der Waals surface area contributed by atoms with Gasteiger partial charge in [-0.3, -0.25) is 4.90 Å². The Kier molecular flexibility index (Phi) is 5.35. The van der Waals surface area contributed by atoms with Crippen molar-refractivity contribution in [2.24, 2.45) is 0 Å². The zero-order chi connectivity index (χ0) is 18.5. The summed E-state index contributed by atoms with van der Waals surface area (Å²) >= 11 is 0. The summed E-state index contributed by atoms with van der Waals surface area (Å²) in [4.78, 5) is 14.7. The van der Waals surface area contributed by atoms with Crippen LogP contribution in [0.25, 0.3) is 10.8 Å². The molecule has 0 radical (unpaired) electrons. The molecule has 4 heteroatoms. The number of para-hydroxylation sites is 1. The van der Waals surface area contributed by atoms with Gasteiger partial charge in [-0.1, -0.05) is 60.7 Å². The van der Waals surface area contributed by atoms with E-state index in [1.165, 1.54) is 29.2 Å². The molecule has 1 aliphatic heterocycles. The van der Waals surface area contributed by atoms with E-state index in [4.69, 9.17) is 4.74 Å². The second-order valence-corrected chi connectivity index (χ2v) is 6.91. The topological polar surface area (TPSA) is 41.6 Å². The lowest BCUT2D eigenvalue weighted by molar-refractivity contribution is 0.189. The van der Waals surface area contributed by atoms with Crippen molar-refractivity contribution in [3.8, 4) is 5.75 Å². The molecule has 1 atom stereocenters. The SMILES string of the molecule is O=C(NC[C@@H](c1cccc2ccccc12)N1CCCC1)Oc1ccccc1. The first-order valence-corrected chi connectivity index (χ1v) is 9.54. The van der Waals surface area contributed by atoms with Crippen LogP contribution >= 0.6 is 0 Å². The Labute approximate surface area is 159 Å². The normalized spacial score (nSPS) is 15.6. The Morgan fingerprint density at radius 3 is 2.44 bits per heavy atom. The predicted molar refractivity (Wildman–Crippen MR) is 108 cm³/mol. The second-order valence-electron chi connectivity index (χ2n) is 6.91. The summed E-state index contributed by atoms with van der Waals surface area (Å²) in [6.45, 7) is 2.65. The molecule has 0 unspecified atom stereocenters. The number of rotatable bonds is 5. The highest BCUT2D eigenvalue weighted by atomic mass is 16.6. The Hall–Kier alpha value is -2.85. The summed E-state index contributed by atoms with van der Waals surface area (Å²) < 4.78 is 5.38. The van der Waals surface area contributed by atoms with Gasteiger partial charge in [0.1, 0.15) is 5.75 Å². The highest BCUT2D eigenvalue weighted by molar-refractivity contribution is 5.86. The van der Waals surface area contributed by atoms with Crippen LogP contribution in [0.5, 0.6) is 5.75 Å². The van der Waals surface area contributed by atoms with Gasteiger partial charge in [-0.2, -0.15) is 0 Å². The van der Waals surface area contributed by atoms with E-state index in [0.29, 0.717) is 12.3 Å². The molecule has 1 N–H and O–H groups in total. The number of ether oxygens (including phenoxy) is 1. The van der Waals surface area contributed by atoms with Crippen molar-refractivity contribution in [3.05, 3.63) is 78.4 Å². The third kappa shape index (κ3) is 4.12. The van der Waals surface area contributed by atoms with Crippen molar-refractivity contribution < 1.29 is 9.53 Å². The van der Waals surface area contributed by atoms with Crippen LogP contribution in [-0.2, 0) is 0 Å². The minimum atomic E-state index is -0.411. The van der Waals surface area contributed by atoms with Crippen LogP contribution in [0.3, 0.4) is 0 Å². The molecule has 0 spiro atoms. The van der Waals surface area contributed by atoms with Crippen molar-refractivity contribution in [2.45, 2.75) is 18.9 Å². The van der Waals surface area contributed by atoms with Gasteiger partial charge in [0.15, 0.2) is 0 Å². The number of nitrogens with zero attached hydrogens (tertiary/aromatic N) is 1. The van der Waals surface area contributed by atoms with Gasteiger partial charge >= 0.3 is 6.09 Å². The maximum absolute atomic E-state index is 12.3. The van der Waals surface area contributed by atoms with Gasteiger partial charge < -0.3 is 10.1 Å². The minimum Gasteiger partial charge on any atom is -0.410 e. The summed E-state index contributed by atoms with van der Waals surface area (Å²) in [5.41, 5.74) is 1.26. The van der Waals surface area contributed by atoms with Crippen LogP contribution < -0.4 is 10.1 Å².